The van der Waals surface area contributed by atoms with Crippen LogP contribution >= 0.6 is 0 Å². The standard InChI is InChI=1S/C18H23NO3/c1-11-6-7-13-12(2)14(17(21)22-15(13)10-11)8-9-16(20)19-18(3,4)5/h6-7,10H,8-9H2,1-5H3,(H,19,20). The monoisotopic (exact) mass is 301 g/mol. The molecule has 0 unspecified atom stereocenters. The zero-order chi connectivity index (χ0) is 16.5. The van der Waals surface area contributed by atoms with E-state index in [4.69, 9.17) is 4.42 Å². The van der Waals surface area contributed by atoms with Crippen LogP contribution in [0.15, 0.2) is 27.4 Å². The van der Waals surface area contributed by atoms with Crippen molar-refractivity contribution in [3.63, 3.8) is 0 Å². The van der Waals surface area contributed by atoms with E-state index in [1.54, 1.807) is 0 Å². The molecule has 0 aliphatic heterocycles. The molecule has 1 amide bonds. The van der Waals surface area contributed by atoms with Gasteiger partial charge in [0, 0.05) is 22.9 Å². The van der Waals surface area contributed by atoms with Crippen molar-refractivity contribution >= 4 is 16.9 Å². The first-order chi connectivity index (χ1) is 10.2. The predicted molar refractivity (Wildman–Crippen MR) is 88.2 cm³/mol. The average molecular weight is 301 g/mol. The molecule has 1 aromatic heterocycles. The summed E-state index contributed by atoms with van der Waals surface area (Å²) in [6.07, 6.45) is 0.667. The van der Waals surface area contributed by atoms with Gasteiger partial charge in [0.05, 0.1) is 0 Å². The molecule has 0 saturated carbocycles. The highest BCUT2D eigenvalue weighted by Crippen LogP contribution is 2.21. The Labute approximate surface area is 130 Å². The van der Waals surface area contributed by atoms with Crippen LogP contribution < -0.4 is 10.9 Å². The molecule has 2 aromatic rings. The third kappa shape index (κ3) is 3.75. The fourth-order valence-corrected chi connectivity index (χ4v) is 2.51. The lowest BCUT2D eigenvalue weighted by molar-refractivity contribution is -0.122. The second-order valence-corrected chi connectivity index (χ2v) is 6.79. The van der Waals surface area contributed by atoms with Crippen molar-refractivity contribution in [3.05, 3.63) is 45.3 Å². The van der Waals surface area contributed by atoms with Gasteiger partial charge < -0.3 is 9.73 Å². The van der Waals surface area contributed by atoms with Crippen LogP contribution in [0.25, 0.3) is 11.0 Å². The maximum Gasteiger partial charge on any atom is 0.339 e. The smallest absolute Gasteiger partial charge is 0.339 e. The third-order valence-electron chi connectivity index (χ3n) is 3.56. The highest BCUT2D eigenvalue weighted by atomic mass is 16.4. The highest BCUT2D eigenvalue weighted by molar-refractivity contribution is 5.82. The van der Waals surface area contributed by atoms with Gasteiger partial charge in [0.1, 0.15) is 5.58 Å². The molecular weight excluding hydrogens is 278 g/mol. The van der Waals surface area contributed by atoms with Crippen LogP contribution in [-0.2, 0) is 11.2 Å². The highest BCUT2D eigenvalue weighted by Gasteiger charge is 2.16. The number of nitrogens with one attached hydrogen (secondary N) is 1. The first-order valence-electron chi connectivity index (χ1n) is 7.51. The van der Waals surface area contributed by atoms with Gasteiger partial charge in [-0.15, -0.1) is 0 Å². The number of carbonyl (C=O) groups excluding carboxylic acids is 1. The van der Waals surface area contributed by atoms with Crippen LogP contribution in [0.3, 0.4) is 0 Å². The van der Waals surface area contributed by atoms with Gasteiger partial charge in [-0.1, -0.05) is 12.1 Å². The number of carbonyl (C=O) groups is 1. The van der Waals surface area contributed by atoms with Crippen molar-refractivity contribution < 1.29 is 9.21 Å². The van der Waals surface area contributed by atoms with E-state index in [1.807, 2.05) is 52.8 Å². The van der Waals surface area contributed by atoms with E-state index in [-0.39, 0.29) is 23.5 Å². The number of amides is 1. The Kier molecular flexibility index (Phi) is 4.40. The average Bonchev–Trinajstić information content (AvgIpc) is 2.35. The van der Waals surface area contributed by atoms with Gasteiger partial charge in [-0.05, 0) is 58.2 Å². The molecule has 2 rings (SSSR count). The van der Waals surface area contributed by atoms with Gasteiger partial charge in [0.25, 0.3) is 0 Å². The number of benzene rings is 1. The van der Waals surface area contributed by atoms with Gasteiger partial charge in [-0.25, -0.2) is 4.79 Å². The van der Waals surface area contributed by atoms with Gasteiger partial charge in [-0.3, -0.25) is 4.79 Å². The van der Waals surface area contributed by atoms with Gasteiger partial charge in [0.15, 0.2) is 0 Å². The first kappa shape index (κ1) is 16.3. The Morgan fingerprint density at radius 1 is 1.23 bits per heavy atom. The quantitative estimate of drug-likeness (QED) is 0.885. The van der Waals surface area contributed by atoms with Crippen molar-refractivity contribution in [2.75, 3.05) is 0 Å². The van der Waals surface area contributed by atoms with E-state index in [0.29, 0.717) is 17.6 Å². The van der Waals surface area contributed by atoms with Crippen LogP contribution in [0.5, 0.6) is 0 Å². The molecule has 4 nitrogen and oxygen atoms in total. The summed E-state index contributed by atoms with van der Waals surface area (Å²) < 4.78 is 5.40. The van der Waals surface area contributed by atoms with Gasteiger partial charge in [0.2, 0.25) is 5.91 Å². The molecule has 0 aliphatic rings. The molecule has 0 fully saturated rings. The third-order valence-corrected chi connectivity index (χ3v) is 3.56. The molecule has 1 heterocycles. The van der Waals surface area contributed by atoms with E-state index >= 15 is 0 Å². The molecular formula is C18H23NO3. The Morgan fingerprint density at radius 3 is 2.55 bits per heavy atom. The summed E-state index contributed by atoms with van der Waals surface area (Å²) in [5.41, 5.74) is 2.52. The summed E-state index contributed by atoms with van der Waals surface area (Å²) in [5.74, 6) is -0.0599. The Morgan fingerprint density at radius 2 is 1.91 bits per heavy atom. The van der Waals surface area contributed by atoms with E-state index in [2.05, 4.69) is 5.32 Å². The fraction of sp³-hybridized carbons (Fsp3) is 0.444. The zero-order valence-electron chi connectivity index (χ0n) is 13.9. The van der Waals surface area contributed by atoms with Crippen molar-refractivity contribution in [1.29, 1.82) is 0 Å². The second-order valence-electron chi connectivity index (χ2n) is 6.79. The molecule has 118 valence electrons. The van der Waals surface area contributed by atoms with E-state index < -0.39 is 0 Å². The molecule has 0 aliphatic carbocycles. The Balaban J connectivity index is 2.27. The fourth-order valence-electron chi connectivity index (χ4n) is 2.51. The van der Waals surface area contributed by atoms with E-state index in [0.717, 1.165) is 16.5 Å². The first-order valence-corrected chi connectivity index (χ1v) is 7.51. The van der Waals surface area contributed by atoms with Gasteiger partial charge in [-0.2, -0.15) is 0 Å². The topological polar surface area (TPSA) is 59.3 Å². The van der Waals surface area contributed by atoms with Crippen molar-refractivity contribution in [1.82, 2.24) is 5.32 Å². The lowest BCUT2D eigenvalue weighted by atomic mass is 10.0. The molecule has 0 bridgehead atoms. The minimum atomic E-state index is -0.348. The van der Waals surface area contributed by atoms with Gasteiger partial charge >= 0.3 is 5.63 Å². The molecule has 22 heavy (non-hydrogen) atoms. The summed E-state index contributed by atoms with van der Waals surface area (Å²) >= 11 is 0. The maximum absolute atomic E-state index is 12.2. The number of hydrogen-bond donors (Lipinski definition) is 1. The summed E-state index contributed by atoms with van der Waals surface area (Å²) in [7, 11) is 0. The molecule has 4 heteroatoms. The molecule has 1 aromatic carbocycles. The minimum Gasteiger partial charge on any atom is -0.423 e. The van der Waals surface area contributed by atoms with Crippen LogP contribution in [-0.4, -0.2) is 11.4 Å². The van der Waals surface area contributed by atoms with Crippen molar-refractivity contribution in [2.24, 2.45) is 0 Å². The summed E-state index contributed by atoms with van der Waals surface area (Å²) in [4.78, 5) is 24.1. The second kappa shape index (κ2) is 5.95. The number of rotatable bonds is 3. The Hall–Kier alpha value is -2.10. The van der Waals surface area contributed by atoms with Crippen LogP contribution in [0.4, 0.5) is 0 Å². The zero-order valence-corrected chi connectivity index (χ0v) is 13.9. The lowest BCUT2D eigenvalue weighted by Gasteiger charge is -2.20. The van der Waals surface area contributed by atoms with Crippen molar-refractivity contribution in [2.45, 2.75) is 53.0 Å². The number of aryl methyl sites for hydroxylation is 2. The SMILES string of the molecule is Cc1ccc2c(C)c(CCC(=O)NC(C)(C)C)c(=O)oc2c1. The summed E-state index contributed by atoms with van der Waals surface area (Å²) in [5, 5.41) is 3.83. The maximum atomic E-state index is 12.2. The van der Waals surface area contributed by atoms with E-state index in [9.17, 15) is 9.59 Å². The van der Waals surface area contributed by atoms with Crippen LogP contribution in [0.1, 0.15) is 43.9 Å². The number of fused-ring (bicyclic) bond motifs is 1. The molecule has 0 radical (unpaired) electrons. The summed E-state index contributed by atoms with van der Waals surface area (Å²) in [6, 6.07) is 5.81. The minimum absolute atomic E-state index is 0.0599. The normalized spacial score (nSPS) is 11.7. The predicted octanol–water partition coefficient (Wildman–Crippen LogP) is 3.26. The van der Waals surface area contributed by atoms with Crippen molar-refractivity contribution in [3.8, 4) is 0 Å². The lowest BCUT2D eigenvalue weighted by Crippen LogP contribution is -2.40. The van der Waals surface area contributed by atoms with Crippen LogP contribution in [0.2, 0.25) is 0 Å². The molecule has 1 N–H and O–H groups in total. The largest absolute Gasteiger partial charge is 0.423 e. The number of hydrogen-bond acceptors (Lipinski definition) is 3. The molecule has 0 saturated heterocycles. The molecule has 0 atom stereocenters. The van der Waals surface area contributed by atoms with Crippen LogP contribution in [0, 0.1) is 13.8 Å². The van der Waals surface area contributed by atoms with E-state index in [1.165, 1.54) is 0 Å². The summed E-state index contributed by atoms with van der Waals surface area (Å²) in [6.45, 7) is 9.67. The Bertz CT molecular complexity index is 766. The molecule has 0 spiro atoms.